The number of fused-ring (bicyclic) bond motifs is 1. The lowest BCUT2D eigenvalue weighted by Gasteiger charge is -2.17. The summed E-state index contributed by atoms with van der Waals surface area (Å²) in [6.45, 7) is 4.19. The van der Waals surface area contributed by atoms with E-state index >= 15 is 0 Å². The Labute approximate surface area is 178 Å². The SMILES string of the molecule is CCn1c(-c2nonc2N)nc2c(-c3ccccc3)ncc(C(=O)NN3CCCC3)c21. The second-order valence-electron chi connectivity index (χ2n) is 7.40. The minimum atomic E-state index is -0.216. The van der Waals surface area contributed by atoms with Crippen molar-refractivity contribution in [2.45, 2.75) is 26.3 Å². The maximum Gasteiger partial charge on any atom is 0.269 e. The number of nitrogen functional groups attached to an aromatic ring is 1. The molecule has 10 heteroatoms. The normalized spacial score (nSPS) is 14.4. The summed E-state index contributed by atoms with van der Waals surface area (Å²) in [7, 11) is 0. The Morgan fingerprint density at radius 3 is 2.61 bits per heavy atom. The van der Waals surface area contributed by atoms with Crippen molar-refractivity contribution >= 4 is 22.8 Å². The fourth-order valence-corrected chi connectivity index (χ4v) is 3.99. The highest BCUT2D eigenvalue weighted by molar-refractivity contribution is 6.08. The second kappa shape index (κ2) is 7.80. The third-order valence-electron chi connectivity index (χ3n) is 5.47. The topological polar surface area (TPSA) is 128 Å². The van der Waals surface area contributed by atoms with Crippen LogP contribution in [0.25, 0.3) is 33.8 Å². The van der Waals surface area contributed by atoms with Crippen molar-refractivity contribution in [2.24, 2.45) is 0 Å². The number of carbonyl (C=O) groups excluding carboxylic acids is 1. The number of hydrogen-bond acceptors (Lipinski definition) is 8. The van der Waals surface area contributed by atoms with E-state index in [0.29, 0.717) is 40.4 Å². The Kier molecular flexibility index (Phi) is 4.83. The highest BCUT2D eigenvalue weighted by Crippen LogP contribution is 2.33. The van der Waals surface area contributed by atoms with E-state index in [4.69, 9.17) is 15.3 Å². The van der Waals surface area contributed by atoms with Gasteiger partial charge < -0.3 is 10.3 Å². The number of amides is 1. The monoisotopic (exact) mass is 418 g/mol. The lowest BCUT2D eigenvalue weighted by Crippen LogP contribution is -2.40. The fraction of sp³-hybridized carbons (Fsp3) is 0.286. The molecule has 3 aromatic heterocycles. The zero-order valence-corrected chi connectivity index (χ0v) is 17.1. The molecular weight excluding hydrogens is 396 g/mol. The van der Waals surface area contributed by atoms with Crippen LogP contribution in [-0.4, -0.2) is 48.9 Å². The molecule has 1 fully saturated rings. The maximum absolute atomic E-state index is 13.2. The third-order valence-corrected chi connectivity index (χ3v) is 5.47. The average molecular weight is 418 g/mol. The highest BCUT2D eigenvalue weighted by atomic mass is 16.6. The van der Waals surface area contributed by atoms with E-state index in [1.807, 2.05) is 46.8 Å². The number of hydrogen-bond donors (Lipinski definition) is 2. The first-order valence-electron chi connectivity index (χ1n) is 10.3. The molecule has 1 aromatic carbocycles. The van der Waals surface area contributed by atoms with Crippen LogP contribution in [0.15, 0.2) is 41.2 Å². The van der Waals surface area contributed by atoms with Crippen molar-refractivity contribution in [3.05, 3.63) is 42.1 Å². The summed E-state index contributed by atoms with van der Waals surface area (Å²) in [5, 5.41) is 9.55. The zero-order valence-electron chi connectivity index (χ0n) is 17.1. The average Bonchev–Trinajstić information content (AvgIpc) is 3.53. The van der Waals surface area contributed by atoms with Gasteiger partial charge >= 0.3 is 0 Å². The number of carbonyl (C=O) groups is 1. The Morgan fingerprint density at radius 1 is 1.16 bits per heavy atom. The van der Waals surface area contributed by atoms with Crippen molar-refractivity contribution in [3.8, 4) is 22.8 Å². The second-order valence-corrected chi connectivity index (χ2v) is 7.40. The van der Waals surface area contributed by atoms with Crippen LogP contribution in [0.1, 0.15) is 30.1 Å². The van der Waals surface area contributed by atoms with Crippen LogP contribution >= 0.6 is 0 Å². The zero-order chi connectivity index (χ0) is 21.4. The molecule has 158 valence electrons. The van der Waals surface area contributed by atoms with E-state index in [2.05, 4.69) is 20.7 Å². The Morgan fingerprint density at radius 2 is 1.94 bits per heavy atom. The highest BCUT2D eigenvalue weighted by Gasteiger charge is 2.26. The van der Waals surface area contributed by atoms with E-state index in [9.17, 15) is 4.79 Å². The van der Waals surface area contributed by atoms with Gasteiger partial charge in [0.25, 0.3) is 5.91 Å². The number of hydrazine groups is 1. The summed E-state index contributed by atoms with van der Waals surface area (Å²) in [5.74, 6) is 0.408. The van der Waals surface area contributed by atoms with Crippen molar-refractivity contribution < 1.29 is 9.42 Å². The van der Waals surface area contributed by atoms with Gasteiger partial charge in [0.2, 0.25) is 0 Å². The summed E-state index contributed by atoms with van der Waals surface area (Å²) < 4.78 is 6.70. The number of anilines is 1. The van der Waals surface area contributed by atoms with Crippen LogP contribution in [0.5, 0.6) is 0 Å². The van der Waals surface area contributed by atoms with Gasteiger partial charge in [-0.1, -0.05) is 30.3 Å². The smallest absolute Gasteiger partial charge is 0.269 e. The first-order chi connectivity index (χ1) is 15.2. The summed E-state index contributed by atoms with van der Waals surface area (Å²) in [4.78, 5) is 22.6. The molecule has 1 amide bonds. The van der Waals surface area contributed by atoms with Crippen LogP contribution in [0.4, 0.5) is 5.82 Å². The lowest BCUT2D eigenvalue weighted by molar-refractivity contribution is 0.0827. The van der Waals surface area contributed by atoms with Crippen LogP contribution in [0.3, 0.4) is 0 Å². The van der Waals surface area contributed by atoms with E-state index in [1.165, 1.54) is 0 Å². The number of aromatic nitrogens is 5. The Hall–Kier alpha value is -3.79. The molecule has 0 bridgehead atoms. The lowest BCUT2D eigenvalue weighted by atomic mass is 10.1. The standard InChI is InChI=1S/C21H22N8O2/c1-2-29-18-14(21(30)25-28-10-6-7-11-28)12-23-15(13-8-4-3-5-9-13)16(18)24-20(29)17-19(22)27-31-26-17/h3-5,8-9,12H,2,6-7,10-11H2,1H3,(H2,22,27)(H,25,30). The third kappa shape index (κ3) is 3.30. The summed E-state index contributed by atoms with van der Waals surface area (Å²) in [6, 6.07) is 9.74. The number of benzene rings is 1. The number of nitrogens with two attached hydrogens (primary N) is 1. The van der Waals surface area contributed by atoms with Crippen molar-refractivity contribution in [1.29, 1.82) is 0 Å². The van der Waals surface area contributed by atoms with Crippen molar-refractivity contribution in [3.63, 3.8) is 0 Å². The molecule has 31 heavy (non-hydrogen) atoms. The van der Waals surface area contributed by atoms with Crippen LogP contribution < -0.4 is 11.2 Å². The molecule has 1 aliphatic heterocycles. The minimum Gasteiger partial charge on any atom is -0.379 e. The summed E-state index contributed by atoms with van der Waals surface area (Å²) in [6.07, 6.45) is 3.74. The maximum atomic E-state index is 13.2. The Bertz CT molecular complexity index is 1240. The van der Waals surface area contributed by atoms with Crippen molar-refractivity contribution in [2.75, 3.05) is 18.8 Å². The molecule has 0 spiro atoms. The molecule has 5 rings (SSSR count). The number of nitrogens with one attached hydrogen (secondary N) is 1. The predicted octanol–water partition coefficient (Wildman–Crippen LogP) is 2.49. The molecule has 3 N–H and O–H groups in total. The minimum absolute atomic E-state index is 0.141. The molecule has 0 saturated carbocycles. The van der Waals surface area contributed by atoms with Gasteiger partial charge in [-0.25, -0.2) is 14.6 Å². The fourth-order valence-electron chi connectivity index (χ4n) is 3.99. The van der Waals surface area contributed by atoms with Gasteiger partial charge in [-0.3, -0.25) is 15.2 Å². The molecular formula is C21H22N8O2. The molecule has 4 heterocycles. The van der Waals surface area contributed by atoms with Gasteiger partial charge in [0.1, 0.15) is 5.52 Å². The molecule has 1 aliphatic rings. The van der Waals surface area contributed by atoms with E-state index in [-0.39, 0.29) is 11.7 Å². The van der Waals surface area contributed by atoms with E-state index in [1.54, 1.807) is 6.20 Å². The van der Waals surface area contributed by atoms with Crippen molar-refractivity contribution in [1.82, 2.24) is 35.3 Å². The predicted molar refractivity (Wildman–Crippen MR) is 115 cm³/mol. The molecule has 0 radical (unpaired) electrons. The molecule has 10 nitrogen and oxygen atoms in total. The summed E-state index contributed by atoms with van der Waals surface area (Å²) >= 11 is 0. The van der Waals surface area contributed by atoms with Gasteiger partial charge in [-0.2, -0.15) is 0 Å². The number of nitrogens with zero attached hydrogens (tertiary/aromatic N) is 6. The van der Waals surface area contributed by atoms with Gasteiger partial charge in [0.05, 0.1) is 16.8 Å². The first-order valence-corrected chi connectivity index (χ1v) is 10.3. The molecule has 0 aliphatic carbocycles. The number of aryl methyl sites for hydroxylation is 1. The van der Waals surface area contributed by atoms with Gasteiger partial charge in [-0.15, -0.1) is 0 Å². The molecule has 0 unspecified atom stereocenters. The van der Waals surface area contributed by atoms with E-state index in [0.717, 1.165) is 31.5 Å². The summed E-state index contributed by atoms with van der Waals surface area (Å²) in [5.41, 5.74) is 12.6. The number of rotatable bonds is 5. The van der Waals surface area contributed by atoms with E-state index < -0.39 is 0 Å². The number of pyridine rings is 1. The van der Waals surface area contributed by atoms with Crippen LogP contribution in [-0.2, 0) is 6.54 Å². The molecule has 0 atom stereocenters. The van der Waals surface area contributed by atoms with Gasteiger partial charge in [0.15, 0.2) is 17.3 Å². The first kappa shape index (κ1) is 19.2. The molecule has 1 saturated heterocycles. The largest absolute Gasteiger partial charge is 0.379 e. The van der Waals surface area contributed by atoms with Crippen LogP contribution in [0.2, 0.25) is 0 Å². The Balaban J connectivity index is 1.73. The van der Waals surface area contributed by atoms with Gasteiger partial charge in [0, 0.05) is 31.4 Å². The van der Waals surface area contributed by atoms with Gasteiger partial charge in [-0.05, 0) is 30.1 Å². The molecule has 4 aromatic rings. The quantitative estimate of drug-likeness (QED) is 0.506. The van der Waals surface area contributed by atoms with Crippen LogP contribution in [0, 0.1) is 0 Å². The number of imidazole rings is 1.